The number of benzene rings is 1. The van der Waals surface area contributed by atoms with E-state index in [0.717, 1.165) is 30.4 Å². The zero-order valence-corrected chi connectivity index (χ0v) is 10.5. The highest BCUT2D eigenvalue weighted by Crippen LogP contribution is 2.18. The Balaban J connectivity index is 2.75. The van der Waals surface area contributed by atoms with Crippen molar-refractivity contribution in [3.8, 4) is 0 Å². The summed E-state index contributed by atoms with van der Waals surface area (Å²) in [5.74, 6) is 0.361. The van der Waals surface area contributed by atoms with Gasteiger partial charge in [0.2, 0.25) is 0 Å². The lowest BCUT2D eigenvalue weighted by molar-refractivity contribution is 0.393. The molecule has 0 fully saturated rings. The fraction of sp³-hybridized carbons (Fsp3) is 0.571. The van der Waals surface area contributed by atoms with Crippen molar-refractivity contribution in [2.24, 2.45) is 11.7 Å². The Hall–Kier alpha value is -0.890. The zero-order valence-electron chi connectivity index (χ0n) is 10.5. The Morgan fingerprint density at radius 3 is 2.44 bits per heavy atom. The minimum Gasteiger partial charge on any atom is -0.327 e. The van der Waals surface area contributed by atoms with Gasteiger partial charge in [0, 0.05) is 6.04 Å². The average Bonchev–Trinajstić information content (AvgIpc) is 2.25. The number of hydrogen-bond acceptors (Lipinski definition) is 1. The Bertz CT molecular complexity index is 332. The van der Waals surface area contributed by atoms with E-state index < -0.39 is 0 Å². The maximum Gasteiger partial charge on any atom is 0.123 e. The van der Waals surface area contributed by atoms with Crippen molar-refractivity contribution in [2.75, 3.05) is 0 Å². The molecule has 1 atom stereocenters. The summed E-state index contributed by atoms with van der Waals surface area (Å²) in [6.45, 7) is 6.33. The highest BCUT2D eigenvalue weighted by Gasteiger charge is 2.15. The summed E-state index contributed by atoms with van der Waals surface area (Å²) in [7, 11) is 0. The Morgan fingerprint density at radius 2 is 1.88 bits per heavy atom. The van der Waals surface area contributed by atoms with Crippen molar-refractivity contribution in [2.45, 2.75) is 46.1 Å². The lowest BCUT2D eigenvalue weighted by Crippen LogP contribution is -2.31. The van der Waals surface area contributed by atoms with Crippen LogP contribution in [0.3, 0.4) is 0 Å². The maximum absolute atomic E-state index is 13.1. The minimum absolute atomic E-state index is 0.135. The molecule has 0 amide bonds. The smallest absolute Gasteiger partial charge is 0.123 e. The third-order valence-electron chi connectivity index (χ3n) is 3.42. The molecule has 1 nitrogen and oxygen atoms in total. The summed E-state index contributed by atoms with van der Waals surface area (Å²) in [6.07, 6.45) is 2.95. The molecule has 0 aliphatic heterocycles. The van der Waals surface area contributed by atoms with Gasteiger partial charge < -0.3 is 5.73 Å². The van der Waals surface area contributed by atoms with Crippen LogP contribution in [0.2, 0.25) is 0 Å². The van der Waals surface area contributed by atoms with Gasteiger partial charge in [-0.2, -0.15) is 0 Å². The van der Waals surface area contributed by atoms with Crippen molar-refractivity contribution >= 4 is 0 Å². The molecule has 0 spiro atoms. The first kappa shape index (κ1) is 13.2. The maximum atomic E-state index is 13.1. The van der Waals surface area contributed by atoms with Crippen molar-refractivity contribution < 1.29 is 4.39 Å². The van der Waals surface area contributed by atoms with Gasteiger partial charge in [0.15, 0.2) is 0 Å². The monoisotopic (exact) mass is 223 g/mol. The molecule has 0 saturated heterocycles. The predicted molar refractivity (Wildman–Crippen MR) is 66.9 cm³/mol. The highest BCUT2D eigenvalue weighted by atomic mass is 19.1. The Labute approximate surface area is 97.9 Å². The number of halogens is 1. The van der Waals surface area contributed by atoms with Crippen molar-refractivity contribution in [1.29, 1.82) is 0 Å². The molecule has 90 valence electrons. The van der Waals surface area contributed by atoms with E-state index in [9.17, 15) is 4.39 Å². The molecule has 0 radical (unpaired) electrons. The van der Waals surface area contributed by atoms with E-state index in [1.807, 2.05) is 13.0 Å². The molecule has 0 aromatic heterocycles. The van der Waals surface area contributed by atoms with Crippen LogP contribution >= 0.6 is 0 Å². The molecule has 2 N–H and O–H groups in total. The zero-order chi connectivity index (χ0) is 12.1. The molecule has 0 saturated carbocycles. The molecular weight excluding hydrogens is 201 g/mol. The van der Waals surface area contributed by atoms with Gasteiger partial charge in [-0.3, -0.25) is 0 Å². The fourth-order valence-electron chi connectivity index (χ4n) is 2.17. The third-order valence-corrected chi connectivity index (χ3v) is 3.42. The second-order valence-electron chi connectivity index (χ2n) is 4.52. The van der Waals surface area contributed by atoms with Crippen LogP contribution in [0.4, 0.5) is 4.39 Å². The van der Waals surface area contributed by atoms with Gasteiger partial charge in [0.05, 0.1) is 0 Å². The Morgan fingerprint density at radius 1 is 1.25 bits per heavy atom. The van der Waals surface area contributed by atoms with Crippen LogP contribution in [0.1, 0.15) is 37.8 Å². The van der Waals surface area contributed by atoms with Crippen LogP contribution < -0.4 is 5.73 Å². The quantitative estimate of drug-likeness (QED) is 0.813. The molecule has 1 aromatic carbocycles. The van der Waals surface area contributed by atoms with Gasteiger partial charge >= 0.3 is 0 Å². The molecule has 0 aliphatic rings. The number of hydrogen-bond donors (Lipinski definition) is 1. The van der Waals surface area contributed by atoms with Crippen LogP contribution in [0.25, 0.3) is 0 Å². The van der Waals surface area contributed by atoms with E-state index in [1.54, 1.807) is 6.07 Å². The van der Waals surface area contributed by atoms with E-state index in [0.29, 0.717) is 5.92 Å². The fourth-order valence-corrected chi connectivity index (χ4v) is 2.17. The standard InChI is InChI=1S/C14H22FN/c1-4-11(5-2)14(16)9-12-8-13(15)7-6-10(12)3/h6-8,11,14H,4-5,9,16H2,1-3H3. The highest BCUT2D eigenvalue weighted by molar-refractivity contribution is 5.27. The minimum atomic E-state index is -0.169. The average molecular weight is 223 g/mol. The number of aryl methyl sites for hydroxylation is 1. The SMILES string of the molecule is CCC(CC)C(N)Cc1cc(F)ccc1C. The van der Waals surface area contributed by atoms with Crippen molar-refractivity contribution in [1.82, 2.24) is 0 Å². The van der Waals surface area contributed by atoms with Crippen LogP contribution in [0.5, 0.6) is 0 Å². The normalized spacial score (nSPS) is 13.1. The van der Waals surface area contributed by atoms with E-state index in [4.69, 9.17) is 5.73 Å². The number of rotatable bonds is 5. The largest absolute Gasteiger partial charge is 0.327 e. The van der Waals surface area contributed by atoms with E-state index in [1.165, 1.54) is 6.07 Å². The first-order valence-corrected chi connectivity index (χ1v) is 6.09. The molecule has 0 aliphatic carbocycles. The molecule has 2 heteroatoms. The van der Waals surface area contributed by atoms with Gasteiger partial charge in [0.1, 0.15) is 5.82 Å². The topological polar surface area (TPSA) is 26.0 Å². The summed E-state index contributed by atoms with van der Waals surface area (Å²) in [5.41, 5.74) is 8.34. The molecular formula is C14H22FN. The van der Waals surface area contributed by atoms with Gasteiger partial charge in [-0.25, -0.2) is 4.39 Å². The Kier molecular flexibility index (Phi) is 4.94. The van der Waals surface area contributed by atoms with Crippen LogP contribution in [-0.4, -0.2) is 6.04 Å². The first-order valence-electron chi connectivity index (χ1n) is 6.09. The summed E-state index contributed by atoms with van der Waals surface area (Å²) in [4.78, 5) is 0. The van der Waals surface area contributed by atoms with Crippen LogP contribution in [0.15, 0.2) is 18.2 Å². The number of nitrogens with two attached hydrogens (primary N) is 1. The molecule has 16 heavy (non-hydrogen) atoms. The van der Waals surface area contributed by atoms with E-state index in [-0.39, 0.29) is 11.9 Å². The first-order chi connectivity index (χ1) is 7.58. The predicted octanol–water partition coefficient (Wildman–Crippen LogP) is 3.44. The van der Waals surface area contributed by atoms with Crippen LogP contribution in [-0.2, 0) is 6.42 Å². The molecule has 1 unspecified atom stereocenters. The lowest BCUT2D eigenvalue weighted by Gasteiger charge is -2.22. The van der Waals surface area contributed by atoms with Crippen LogP contribution in [0, 0.1) is 18.7 Å². The van der Waals surface area contributed by atoms with E-state index >= 15 is 0 Å². The summed E-state index contributed by atoms with van der Waals surface area (Å²) >= 11 is 0. The summed E-state index contributed by atoms with van der Waals surface area (Å²) < 4.78 is 13.1. The van der Waals surface area contributed by atoms with Gasteiger partial charge in [-0.1, -0.05) is 32.8 Å². The second-order valence-corrected chi connectivity index (χ2v) is 4.52. The van der Waals surface area contributed by atoms with Crippen molar-refractivity contribution in [3.05, 3.63) is 35.1 Å². The second kappa shape index (κ2) is 6.00. The molecule has 1 rings (SSSR count). The summed E-state index contributed by atoms with van der Waals surface area (Å²) in [5, 5.41) is 0. The third kappa shape index (κ3) is 3.31. The van der Waals surface area contributed by atoms with Gasteiger partial charge in [0.25, 0.3) is 0 Å². The summed E-state index contributed by atoms with van der Waals surface area (Å²) in [6, 6.07) is 5.07. The molecule has 0 bridgehead atoms. The molecule has 0 heterocycles. The molecule has 1 aromatic rings. The van der Waals surface area contributed by atoms with Gasteiger partial charge in [-0.15, -0.1) is 0 Å². The van der Waals surface area contributed by atoms with E-state index in [2.05, 4.69) is 13.8 Å². The lowest BCUT2D eigenvalue weighted by atomic mass is 9.89. The van der Waals surface area contributed by atoms with Crippen molar-refractivity contribution in [3.63, 3.8) is 0 Å². The van der Waals surface area contributed by atoms with Gasteiger partial charge in [-0.05, 0) is 42.5 Å².